The highest BCUT2D eigenvalue weighted by Gasteiger charge is 2.38. The number of hydrogen-bond donors (Lipinski definition) is 1. The van der Waals surface area contributed by atoms with E-state index in [2.05, 4.69) is 18.1 Å². The van der Waals surface area contributed by atoms with Gasteiger partial charge in [0.2, 0.25) is 0 Å². The van der Waals surface area contributed by atoms with E-state index >= 15 is 0 Å². The largest absolute Gasteiger partial charge is 0.511 e. The van der Waals surface area contributed by atoms with Crippen molar-refractivity contribution in [3.05, 3.63) is 129 Å². The summed E-state index contributed by atoms with van der Waals surface area (Å²) in [7, 11) is 0. The van der Waals surface area contributed by atoms with Crippen molar-refractivity contribution >= 4 is 11.8 Å². The van der Waals surface area contributed by atoms with Gasteiger partial charge in [0.1, 0.15) is 5.75 Å². The number of nitrogens with zero attached hydrogens (tertiary/aromatic N) is 1. The smallest absolute Gasteiger partial charge is 0.449 e. The second kappa shape index (κ2) is 8.81. The van der Waals surface area contributed by atoms with Crippen LogP contribution in [0.25, 0.3) is 11.1 Å². The van der Waals surface area contributed by atoms with Gasteiger partial charge in [0, 0.05) is 35.1 Å². The number of hydrogen-bond acceptors (Lipinski definition) is 4. The maximum Gasteiger partial charge on any atom is 0.511 e. The van der Waals surface area contributed by atoms with Crippen LogP contribution in [-0.2, 0) is 0 Å². The van der Waals surface area contributed by atoms with Crippen molar-refractivity contribution in [1.82, 2.24) is 0 Å². The highest BCUT2D eigenvalue weighted by molar-refractivity contribution is 5.80. The Labute approximate surface area is 201 Å². The van der Waals surface area contributed by atoms with E-state index in [-0.39, 0.29) is 17.4 Å². The topological polar surface area (TPSA) is 89.7 Å². The molecule has 5 rings (SSSR count). The third kappa shape index (κ3) is 3.90. The summed E-state index contributed by atoms with van der Waals surface area (Å²) in [5.74, 6) is 1.93. The van der Waals surface area contributed by atoms with E-state index in [1.54, 1.807) is 0 Å². The molecule has 0 amide bonds. The molecule has 0 aromatic heterocycles. The van der Waals surface area contributed by atoms with Gasteiger partial charge in [-0.25, -0.2) is 4.79 Å². The molecule has 4 aromatic rings. The van der Waals surface area contributed by atoms with Gasteiger partial charge in [-0.3, -0.25) is 10.1 Å². The van der Waals surface area contributed by atoms with Crippen molar-refractivity contribution < 1.29 is 19.6 Å². The van der Waals surface area contributed by atoms with Crippen molar-refractivity contribution in [3.63, 3.8) is 0 Å². The summed E-state index contributed by atoms with van der Waals surface area (Å²) in [6, 6.07) is 27.4. The molecule has 6 heteroatoms. The summed E-state index contributed by atoms with van der Waals surface area (Å²) in [6.07, 6.45) is 4.07. The van der Waals surface area contributed by atoms with Crippen LogP contribution in [0.5, 0.6) is 5.75 Å². The number of fused-ring (bicyclic) bond motifs is 3. The van der Waals surface area contributed by atoms with Gasteiger partial charge >= 0.3 is 6.16 Å². The number of rotatable bonds is 5. The summed E-state index contributed by atoms with van der Waals surface area (Å²) in [5.41, 5.74) is 6.03. The Hall–Kier alpha value is -4.89. The molecule has 1 aliphatic carbocycles. The van der Waals surface area contributed by atoms with Crippen LogP contribution in [0.1, 0.15) is 39.7 Å². The van der Waals surface area contributed by atoms with E-state index in [1.807, 2.05) is 60.7 Å². The van der Waals surface area contributed by atoms with Crippen molar-refractivity contribution in [2.75, 3.05) is 0 Å². The molecule has 4 aromatic carbocycles. The van der Waals surface area contributed by atoms with Crippen LogP contribution >= 0.6 is 0 Å². The summed E-state index contributed by atoms with van der Waals surface area (Å²) in [6.45, 7) is 0. The number of benzene rings is 4. The molecule has 0 radical (unpaired) electrons. The first-order valence-corrected chi connectivity index (χ1v) is 10.9. The lowest BCUT2D eigenvalue weighted by atomic mass is 9.75. The van der Waals surface area contributed by atoms with Crippen LogP contribution in [-0.4, -0.2) is 16.2 Å². The van der Waals surface area contributed by atoms with Crippen LogP contribution in [0.4, 0.5) is 10.5 Å². The highest BCUT2D eigenvalue weighted by Crippen LogP contribution is 2.54. The zero-order valence-corrected chi connectivity index (χ0v) is 18.4. The second-order valence-electron chi connectivity index (χ2n) is 8.24. The van der Waals surface area contributed by atoms with Gasteiger partial charge < -0.3 is 9.84 Å². The van der Waals surface area contributed by atoms with E-state index in [9.17, 15) is 20.0 Å². The molecule has 35 heavy (non-hydrogen) atoms. The normalized spacial score (nSPS) is 12.8. The van der Waals surface area contributed by atoms with Crippen molar-refractivity contribution in [3.8, 4) is 29.2 Å². The Balaban J connectivity index is 1.81. The monoisotopic (exact) mass is 461 g/mol. The van der Waals surface area contributed by atoms with E-state index in [1.165, 1.54) is 18.2 Å². The molecule has 0 spiro atoms. The predicted molar refractivity (Wildman–Crippen MR) is 132 cm³/mol. The molecule has 0 heterocycles. The fourth-order valence-corrected chi connectivity index (χ4v) is 4.97. The summed E-state index contributed by atoms with van der Waals surface area (Å²) >= 11 is 0. The highest BCUT2D eigenvalue weighted by atomic mass is 16.7. The molecular weight excluding hydrogens is 442 g/mol. The zero-order valence-electron chi connectivity index (χ0n) is 18.4. The van der Waals surface area contributed by atoms with Gasteiger partial charge in [-0.1, -0.05) is 66.6 Å². The Morgan fingerprint density at radius 1 is 0.943 bits per heavy atom. The molecule has 0 bridgehead atoms. The maximum atomic E-state index is 11.7. The zero-order chi connectivity index (χ0) is 24.5. The summed E-state index contributed by atoms with van der Waals surface area (Å²) < 4.78 is 5.12. The minimum absolute atomic E-state index is 0.0518. The van der Waals surface area contributed by atoms with Crippen molar-refractivity contribution in [2.24, 2.45) is 0 Å². The van der Waals surface area contributed by atoms with Crippen LogP contribution in [0.3, 0.4) is 0 Å². The van der Waals surface area contributed by atoms with E-state index in [0.717, 1.165) is 27.8 Å². The van der Waals surface area contributed by atoms with Gasteiger partial charge in [0.05, 0.1) is 4.92 Å². The number of nitro benzene ring substituents is 1. The maximum absolute atomic E-state index is 11.7. The third-order valence-electron chi connectivity index (χ3n) is 6.39. The molecule has 6 nitrogen and oxygen atoms in total. The van der Waals surface area contributed by atoms with Gasteiger partial charge in [-0.2, -0.15) is 0 Å². The van der Waals surface area contributed by atoms with Gasteiger partial charge in [-0.15, -0.1) is 6.42 Å². The Kier molecular flexibility index (Phi) is 5.52. The fraction of sp³-hybridized carbons (Fsp3) is 0.0690. The van der Waals surface area contributed by atoms with E-state index < -0.39 is 17.0 Å². The molecule has 0 fully saturated rings. The SMILES string of the molecule is C#Cc1ccc(C(c2cc([N+](=O)[O-])ccc2OC(=O)O)C2c3ccccc3-c3ccccc32)cc1. The number of nitro groups is 1. The molecule has 1 unspecified atom stereocenters. The molecular formula is C29H19NO5. The van der Waals surface area contributed by atoms with Crippen LogP contribution in [0.2, 0.25) is 0 Å². The number of terminal acetylenes is 1. The van der Waals surface area contributed by atoms with E-state index in [4.69, 9.17) is 11.2 Å². The fourth-order valence-electron chi connectivity index (χ4n) is 4.97. The number of ether oxygens (including phenoxy) is 1. The number of carbonyl (C=O) groups is 1. The van der Waals surface area contributed by atoms with Crippen LogP contribution in [0.15, 0.2) is 91.0 Å². The van der Waals surface area contributed by atoms with E-state index in [0.29, 0.717) is 11.1 Å². The van der Waals surface area contributed by atoms with Gasteiger partial charge in [0.15, 0.2) is 0 Å². The average molecular weight is 461 g/mol. The first-order chi connectivity index (χ1) is 17.0. The number of carboxylic acid groups (broad SMARTS) is 1. The van der Waals surface area contributed by atoms with Crippen molar-refractivity contribution in [1.29, 1.82) is 0 Å². The second-order valence-corrected chi connectivity index (χ2v) is 8.24. The Morgan fingerprint density at radius 3 is 2.09 bits per heavy atom. The molecule has 0 saturated heterocycles. The lowest BCUT2D eigenvalue weighted by Gasteiger charge is -2.28. The molecule has 1 atom stereocenters. The number of non-ortho nitro benzene ring substituents is 1. The van der Waals surface area contributed by atoms with Crippen LogP contribution in [0, 0.1) is 22.5 Å². The lowest BCUT2D eigenvalue weighted by molar-refractivity contribution is -0.384. The lowest BCUT2D eigenvalue weighted by Crippen LogP contribution is -2.15. The molecule has 170 valence electrons. The Morgan fingerprint density at radius 2 is 1.54 bits per heavy atom. The third-order valence-corrected chi connectivity index (χ3v) is 6.39. The molecule has 0 saturated carbocycles. The molecule has 0 aliphatic heterocycles. The van der Waals surface area contributed by atoms with Crippen LogP contribution < -0.4 is 4.74 Å². The minimum Gasteiger partial charge on any atom is -0.449 e. The van der Waals surface area contributed by atoms with Gasteiger partial charge in [-0.05, 0) is 46.0 Å². The quantitative estimate of drug-likeness (QED) is 0.119. The average Bonchev–Trinajstić information content (AvgIpc) is 3.19. The van der Waals surface area contributed by atoms with Crippen molar-refractivity contribution in [2.45, 2.75) is 11.8 Å². The molecule has 1 aliphatic rings. The summed E-state index contributed by atoms with van der Waals surface area (Å²) in [5, 5.41) is 21.1. The predicted octanol–water partition coefficient (Wildman–Crippen LogP) is 6.58. The Bertz CT molecular complexity index is 1460. The standard InChI is InChI=1S/C29H19NO5/c1-2-18-11-13-19(14-12-18)27(25-17-20(30(33)34)15-16-26(25)35-29(31)32)28-23-9-5-3-7-21(23)22-8-4-6-10-24(22)28/h1,3-17,27-28H,(H,31,32). The summed E-state index contributed by atoms with van der Waals surface area (Å²) in [4.78, 5) is 22.7. The molecule has 1 N–H and O–H groups in total. The first kappa shape index (κ1) is 21.9. The van der Waals surface area contributed by atoms with Gasteiger partial charge in [0.25, 0.3) is 5.69 Å². The first-order valence-electron chi connectivity index (χ1n) is 10.9. The minimum atomic E-state index is -1.49.